The van der Waals surface area contributed by atoms with Gasteiger partial charge >= 0.3 is 5.97 Å². The summed E-state index contributed by atoms with van der Waals surface area (Å²) in [5.74, 6) is -0.0755. The quantitative estimate of drug-likeness (QED) is 0.185. The summed E-state index contributed by atoms with van der Waals surface area (Å²) in [7, 11) is 1.48. The number of unbranched alkanes of at least 4 members (excludes halogenated alkanes) is 15. The standard InChI is InChI=1S/C23H46O2/c1-5-6-7-8-9-10-11-12-13-14-15-16-17-18-19-20-21-23(2,3)22(24)25-4/h5-21H2,1-4H3. The average molecular weight is 355 g/mol. The van der Waals surface area contributed by atoms with E-state index in [9.17, 15) is 4.79 Å². The molecule has 25 heavy (non-hydrogen) atoms. The van der Waals surface area contributed by atoms with Crippen LogP contribution >= 0.6 is 0 Å². The fraction of sp³-hybridized carbons (Fsp3) is 0.957. The predicted octanol–water partition coefficient (Wildman–Crippen LogP) is 7.84. The van der Waals surface area contributed by atoms with Crippen molar-refractivity contribution < 1.29 is 9.53 Å². The molecule has 0 saturated heterocycles. The first-order chi connectivity index (χ1) is 12.0. The van der Waals surface area contributed by atoms with E-state index in [0.717, 1.165) is 12.8 Å². The van der Waals surface area contributed by atoms with Crippen LogP contribution in [0.15, 0.2) is 0 Å². The highest BCUT2D eigenvalue weighted by atomic mass is 16.5. The second kappa shape index (κ2) is 16.9. The van der Waals surface area contributed by atoms with Crippen LogP contribution in [0.2, 0.25) is 0 Å². The molecule has 0 bridgehead atoms. The Hall–Kier alpha value is -0.530. The van der Waals surface area contributed by atoms with E-state index in [2.05, 4.69) is 6.92 Å². The molecule has 0 aliphatic heterocycles. The van der Waals surface area contributed by atoms with Gasteiger partial charge in [-0.15, -0.1) is 0 Å². The maximum absolute atomic E-state index is 11.6. The third kappa shape index (κ3) is 15.4. The van der Waals surface area contributed by atoms with Crippen molar-refractivity contribution in [2.75, 3.05) is 7.11 Å². The largest absolute Gasteiger partial charge is 0.469 e. The first-order valence-electron chi connectivity index (χ1n) is 11.1. The molecule has 2 heteroatoms. The summed E-state index contributed by atoms with van der Waals surface area (Å²) in [4.78, 5) is 11.6. The van der Waals surface area contributed by atoms with Crippen LogP contribution in [0.25, 0.3) is 0 Å². The Morgan fingerprint density at radius 3 is 1.28 bits per heavy atom. The lowest BCUT2D eigenvalue weighted by Crippen LogP contribution is -2.25. The van der Waals surface area contributed by atoms with Crippen LogP contribution in [0.1, 0.15) is 130 Å². The van der Waals surface area contributed by atoms with Crippen LogP contribution in [0, 0.1) is 5.41 Å². The number of methoxy groups -OCH3 is 1. The Bertz CT molecular complexity index is 296. The van der Waals surface area contributed by atoms with Gasteiger partial charge in [0.1, 0.15) is 0 Å². The van der Waals surface area contributed by atoms with Gasteiger partial charge in [0, 0.05) is 0 Å². The van der Waals surface area contributed by atoms with E-state index >= 15 is 0 Å². The van der Waals surface area contributed by atoms with Gasteiger partial charge in [-0.3, -0.25) is 4.79 Å². The summed E-state index contributed by atoms with van der Waals surface area (Å²) < 4.78 is 4.86. The fourth-order valence-corrected chi connectivity index (χ4v) is 3.49. The number of esters is 1. The van der Waals surface area contributed by atoms with Gasteiger partial charge in [0.2, 0.25) is 0 Å². The smallest absolute Gasteiger partial charge is 0.311 e. The van der Waals surface area contributed by atoms with Crippen molar-refractivity contribution in [3.8, 4) is 0 Å². The lowest BCUT2D eigenvalue weighted by molar-refractivity contribution is -0.151. The third-order valence-corrected chi connectivity index (χ3v) is 5.39. The van der Waals surface area contributed by atoms with Crippen molar-refractivity contribution in [3.63, 3.8) is 0 Å². The third-order valence-electron chi connectivity index (χ3n) is 5.39. The van der Waals surface area contributed by atoms with Crippen LogP contribution < -0.4 is 0 Å². The van der Waals surface area contributed by atoms with Crippen LogP contribution in [0.3, 0.4) is 0 Å². The minimum absolute atomic E-state index is 0.0755. The summed E-state index contributed by atoms with van der Waals surface area (Å²) in [6.45, 7) is 6.26. The molecule has 0 spiro atoms. The molecule has 0 amide bonds. The van der Waals surface area contributed by atoms with Gasteiger partial charge in [-0.2, -0.15) is 0 Å². The summed E-state index contributed by atoms with van der Waals surface area (Å²) in [5, 5.41) is 0. The van der Waals surface area contributed by atoms with E-state index < -0.39 is 0 Å². The molecule has 2 nitrogen and oxygen atoms in total. The van der Waals surface area contributed by atoms with E-state index in [0.29, 0.717) is 0 Å². The van der Waals surface area contributed by atoms with E-state index in [1.165, 1.54) is 103 Å². The van der Waals surface area contributed by atoms with Gasteiger partial charge in [0.25, 0.3) is 0 Å². The van der Waals surface area contributed by atoms with Gasteiger partial charge in [-0.05, 0) is 20.3 Å². The van der Waals surface area contributed by atoms with E-state index in [1.807, 2.05) is 13.8 Å². The summed E-state index contributed by atoms with van der Waals surface area (Å²) >= 11 is 0. The first kappa shape index (κ1) is 24.5. The molecule has 0 aromatic heterocycles. The monoisotopic (exact) mass is 354 g/mol. The molecular weight excluding hydrogens is 308 g/mol. The molecule has 0 aliphatic carbocycles. The van der Waals surface area contributed by atoms with Crippen molar-refractivity contribution in [1.82, 2.24) is 0 Å². The number of hydrogen-bond donors (Lipinski definition) is 0. The molecule has 0 aliphatic rings. The highest BCUT2D eigenvalue weighted by molar-refractivity contribution is 5.75. The Kier molecular flexibility index (Phi) is 16.6. The lowest BCUT2D eigenvalue weighted by atomic mass is 9.87. The zero-order chi connectivity index (χ0) is 18.8. The molecule has 0 radical (unpaired) electrons. The molecular formula is C23H46O2. The van der Waals surface area contributed by atoms with Crippen LogP contribution in [0.5, 0.6) is 0 Å². The summed E-state index contributed by atoms with van der Waals surface area (Å²) in [5.41, 5.74) is -0.315. The molecule has 0 atom stereocenters. The second-order valence-electron chi connectivity index (χ2n) is 8.43. The minimum atomic E-state index is -0.315. The molecule has 0 heterocycles. The topological polar surface area (TPSA) is 26.3 Å². The maximum atomic E-state index is 11.6. The van der Waals surface area contributed by atoms with Crippen LogP contribution in [-0.2, 0) is 9.53 Å². The van der Waals surface area contributed by atoms with E-state index in [-0.39, 0.29) is 11.4 Å². The van der Waals surface area contributed by atoms with Gasteiger partial charge in [0.15, 0.2) is 0 Å². The highest BCUT2D eigenvalue weighted by Crippen LogP contribution is 2.25. The van der Waals surface area contributed by atoms with E-state index in [4.69, 9.17) is 4.74 Å². The van der Waals surface area contributed by atoms with Gasteiger partial charge in [-0.25, -0.2) is 0 Å². The first-order valence-corrected chi connectivity index (χ1v) is 11.1. The number of rotatable bonds is 18. The normalized spacial score (nSPS) is 11.7. The van der Waals surface area contributed by atoms with Crippen LogP contribution in [-0.4, -0.2) is 13.1 Å². The zero-order valence-corrected chi connectivity index (χ0v) is 17.8. The van der Waals surface area contributed by atoms with Crippen molar-refractivity contribution in [2.45, 2.75) is 130 Å². The molecule has 0 rings (SSSR count). The minimum Gasteiger partial charge on any atom is -0.469 e. The van der Waals surface area contributed by atoms with Gasteiger partial charge in [-0.1, -0.05) is 110 Å². The molecule has 0 aromatic rings. The summed E-state index contributed by atoms with van der Waals surface area (Å²) in [6, 6.07) is 0. The maximum Gasteiger partial charge on any atom is 0.311 e. The fourth-order valence-electron chi connectivity index (χ4n) is 3.49. The van der Waals surface area contributed by atoms with Crippen molar-refractivity contribution in [3.05, 3.63) is 0 Å². The van der Waals surface area contributed by atoms with Gasteiger partial charge < -0.3 is 4.74 Å². The number of ether oxygens (including phenoxy) is 1. The summed E-state index contributed by atoms with van der Waals surface area (Å²) in [6.07, 6.45) is 23.1. The Balaban J connectivity index is 3.20. The predicted molar refractivity (Wildman–Crippen MR) is 110 cm³/mol. The molecule has 150 valence electrons. The van der Waals surface area contributed by atoms with Crippen molar-refractivity contribution in [2.24, 2.45) is 5.41 Å². The van der Waals surface area contributed by atoms with Crippen LogP contribution in [0.4, 0.5) is 0 Å². The molecule has 0 unspecified atom stereocenters. The molecule has 0 saturated carbocycles. The Morgan fingerprint density at radius 1 is 0.640 bits per heavy atom. The SMILES string of the molecule is CCCCCCCCCCCCCCCCCCC(C)(C)C(=O)OC. The van der Waals surface area contributed by atoms with Gasteiger partial charge in [0.05, 0.1) is 12.5 Å². The molecule has 0 fully saturated rings. The molecule has 0 aromatic carbocycles. The second-order valence-corrected chi connectivity index (χ2v) is 8.43. The number of hydrogen-bond acceptors (Lipinski definition) is 2. The van der Waals surface area contributed by atoms with Crippen molar-refractivity contribution >= 4 is 5.97 Å². The van der Waals surface area contributed by atoms with E-state index in [1.54, 1.807) is 0 Å². The number of carbonyl (C=O) groups excluding carboxylic acids is 1. The lowest BCUT2D eigenvalue weighted by Gasteiger charge is -2.20. The zero-order valence-electron chi connectivity index (χ0n) is 17.8. The molecule has 0 N–H and O–H groups in total. The number of carbonyl (C=O) groups is 1. The highest BCUT2D eigenvalue weighted by Gasteiger charge is 2.27. The average Bonchev–Trinajstić information content (AvgIpc) is 2.60. The Morgan fingerprint density at radius 2 is 0.960 bits per heavy atom. The Labute approximate surface area is 158 Å². The van der Waals surface area contributed by atoms with Crippen molar-refractivity contribution in [1.29, 1.82) is 0 Å².